The molecule has 768 valence electrons. The minimum atomic E-state index is 0. The van der Waals surface area contributed by atoms with E-state index in [1.807, 2.05) is 361 Å². The van der Waals surface area contributed by atoms with E-state index in [9.17, 15) is 0 Å². The minimum Gasteiger partial charge on any atom is -0.379 e. The first-order chi connectivity index (χ1) is 61.7. The number of allylic oxidation sites excluding steroid dienone is 2. The summed E-state index contributed by atoms with van der Waals surface area (Å²) in [5.74, 6) is 0. The summed E-state index contributed by atoms with van der Waals surface area (Å²) in [4.78, 5) is 29.5. The Hall–Kier alpha value is -5.22. The maximum Gasteiger partial charge on any atom is 0.115 e. The number of likely N-dealkylation sites (tertiary alicyclic amines) is 1. The SMILES string of the molecule is C.C1=CNC=CC1.C1=NCCN1.C1CCNC1.C1CCNC1.C1CCNCC1.C1CCNCC1.C1COCCN1.CC.CC.CC.CC.CC.CC.CC.CC.CC.CC.CC.CC.CC.CC.CC.CC.CC.CC.CC.CC.CC.CC.CC.CN1CCCCC1.CN1CCN(C)CC1.c1ccncc1.c1ccnnc1.c1cnccn1.c1cncnc1. The zero-order valence-electron chi connectivity index (χ0n) is 94.6. The molecule has 4 aromatic heterocycles. The van der Waals surface area contributed by atoms with E-state index in [2.05, 4.69) is 125 Å². The van der Waals surface area contributed by atoms with Crippen LogP contribution in [0.2, 0.25) is 0 Å². The van der Waals surface area contributed by atoms with Gasteiger partial charge in [0.05, 0.1) is 26.1 Å². The second-order valence-corrected chi connectivity index (χ2v) is 18.8. The summed E-state index contributed by atoms with van der Waals surface area (Å²) in [5.41, 5.74) is 0. The Balaban J connectivity index is -0.0000000387. The molecular formula is C106H248N18O. The van der Waals surface area contributed by atoms with Gasteiger partial charge in [-0.2, -0.15) is 10.2 Å². The quantitative estimate of drug-likeness (QED) is 0.0874. The fraction of sp³-hybridized carbons (Fsp3) is 0.792. The van der Waals surface area contributed by atoms with Gasteiger partial charge in [0.15, 0.2) is 0 Å². The monoisotopic (exact) mass is 1790 g/mol. The van der Waals surface area contributed by atoms with E-state index >= 15 is 0 Å². The van der Waals surface area contributed by atoms with Crippen molar-refractivity contribution in [1.82, 2.24) is 87.0 Å². The van der Waals surface area contributed by atoms with Crippen molar-refractivity contribution in [3.63, 3.8) is 0 Å². The van der Waals surface area contributed by atoms with Gasteiger partial charge in [-0.1, -0.05) is 363 Å². The molecule has 19 heteroatoms. The fourth-order valence-electron chi connectivity index (χ4n) is 7.13. The largest absolute Gasteiger partial charge is 0.379 e. The maximum atomic E-state index is 5.01. The first-order valence-electron chi connectivity index (χ1n) is 52.1. The molecule has 9 aliphatic rings. The fourth-order valence-corrected chi connectivity index (χ4v) is 7.13. The van der Waals surface area contributed by atoms with Crippen molar-refractivity contribution < 1.29 is 4.74 Å². The number of hydrogen-bond acceptors (Lipinski definition) is 19. The predicted octanol–water partition coefficient (Wildman–Crippen LogP) is 30.2. The number of pyridine rings is 1. The lowest BCUT2D eigenvalue weighted by molar-refractivity contribution is 0.109. The van der Waals surface area contributed by atoms with Gasteiger partial charge in [-0.3, -0.25) is 19.9 Å². The topological polar surface area (TPSA) is 206 Å². The highest BCUT2D eigenvalue weighted by Gasteiger charge is 2.08. The van der Waals surface area contributed by atoms with E-state index < -0.39 is 0 Å². The molecule has 0 atom stereocenters. The van der Waals surface area contributed by atoms with Crippen LogP contribution in [-0.4, -0.2) is 208 Å². The predicted molar refractivity (Wildman–Crippen MR) is 593 cm³/mol. The number of piperidine rings is 3. The van der Waals surface area contributed by atoms with E-state index in [0.717, 1.165) is 45.8 Å². The molecule has 13 rings (SSSR count). The van der Waals surface area contributed by atoms with Gasteiger partial charge < -0.3 is 56.7 Å². The number of nitrogens with zero attached hydrogens (tertiary/aromatic N) is 11. The van der Waals surface area contributed by atoms with E-state index in [-0.39, 0.29) is 7.43 Å². The third-order valence-corrected chi connectivity index (χ3v) is 11.8. The molecule has 4 aromatic rings. The highest BCUT2D eigenvalue weighted by atomic mass is 16.5. The first kappa shape index (κ1) is 184. The Morgan fingerprint density at radius 2 is 0.480 bits per heavy atom. The number of likely N-dealkylation sites (N-methyl/N-ethyl adjacent to an activating group) is 2. The van der Waals surface area contributed by atoms with Gasteiger partial charge in [0.25, 0.3) is 0 Å². The lowest BCUT2D eigenvalue weighted by Crippen LogP contribution is -2.42. The third kappa shape index (κ3) is 282. The lowest BCUT2D eigenvalue weighted by Gasteiger charge is -2.28. The third-order valence-electron chi connectivity index (χ3n) is 11.8. The Labute approximate surface area is 796 Å². The average Bonchev–Trinajstić information content (AvgIpc) is 1.44. The van der Waals surface area contributed by atoms with Crippen LogP contribution in [0, 0.1) is 0 Å². The molecule has 13 heterocycles. The molecular weight excluding hydrogens is 1540 g/mol. The standard InChI is InChI=1S/C6H14N2.C6H13N.2C5H11N.C5H7N.C5H5N.3C4H4N2.C4H9NO.2C4H9N.C3H6N2.23C2H6.CH4/c1-7-3-5-8(2)6-4-7;1-7-5-3-2-4-6-7;4*1-2-4-6-5-3-1;1-2-6-4-3-5-1;1-2-5-4-6-3-1;1-2-4-6-5-3-1;1-3-6-4-2-5-1;2*1-2-4-5-3-1;1-2-5-3-4-1;23*1-2;/h3-6H2,1-2H3;2-6H2,1H3;2*6H,1-5H2;2-6H,1H2;1-5H;3*1-4H;5H,1-4H2;2*5H,1-4H2;3H,1-2H2,(H,4,5);23*1-2H3;1H4. The van der Waals surface area contributed by atoms with Crippen LogP contribution in [0.5, 0.6) is 0 Å². The summed E-state index contributed by atoms with van der Waals surface area (Å²) in [6, 6.07) is 11.1. The van der Waals surface area contributed by atoms with E-state index in [0.29, 0.717) is 0 Å². The molecule has 7 fully saturated rings. The molecule has 0 amide bonds. The van der Waals surface area contributed by atoms with Crippen molar-refractivity contribution in [3.05, 3.63) is 129 Å². The highest BCUT2D eigenvalue weighted by Crippen LogP contribution is 2.05. The number of hydrogen-bond donors (Lipinski definition) is 7. The van der Waals surface area contributed by atoms with Crippen molar-refractivity contribution in [2.75, 3.05) is 152 Å². The number of aromatic nitrogens is 7. The van der Waals surface area contributed by atoms with Gasteiger partial charge in [0.2, 0.25) is 0 Å². The Morgan fingerprint density at radius 3 is 0.584 bits per heavy atom. The van der Waals surface area contributed by atoms with Crippen molar-refractivity contribution in [3.8, 4) is 0 Å². The molecule has 0 aromatic carbocycles. The molecule has 0 aliphatic carbocycles. The van der Waals surface area contributed by atoms with Crippen LogP contribution in [-0.2, 0) is 4.74 Å². The van der Waals surface area contributed by atoms with E-state index in [4.69, 9.17) is 4.74 Å². The summed E-state index contributed by atoms with van der Waals surface area (Å²) in [6.45, 7) is 115. The highest BCUT2D eigenvalue weighted by molar-refractivity contribution is 5.56. The lowest BCUT2D eigenvalue weighted by atomic mass is 10.1. The van der Waals surface area contributed by atoms with Gasteiger partial charge in [0, 0.05) is 108 Å². The second kappa shape index (κ2) is 287. The molecule has 0 saturated carbocycles. The molecule has 7 N–H and O–H groups in total. The smallest absolute Gasteiger partial charge is 0.115 e. The van der Waals surface area contributed by atoms with Crippen molar-refractivity contribution in [2.45, 2.75) is 416 Å². The van der Waals surface area contributed by atoms with Crippen molar-refractivity contribution >= 4 is 6.34 Å². The van der Waals surface area contributed by atoms with Crippen LogP contribution in [0.4, 0.5) is 0 Å². The Kier molecular flexibility index (Phi) is 423. The molecule has 125 heavy (non-hydrogen) atoms. The van der Waals surface area contributed by atoms with Crippen molar-refractivity contribution in [2.24, 2.45) is 4.99 Å². The summed E-state index contributed by atoms with van der Waals surface area (Å²) < 4.78 is 5.01. The van der Waals surface area contributed by atoms with Crippen LogP contribution in [0.25, 0.3) is 0 Å². The van der Waals surface area contributed by atoms with Crippen LogP contribution >= 0.6 is 0 Å². The second-order valence-electron chi connectivity index (χ2n) is 18.8. The number of nitrogens with one attached hydrogen (secondary N) is 7. The zero-order chi connectivity index (χ0) is 102. The first-order valence-corrected chi connectivity index (χ1v) is 52.1. The molecule has 0 radical (unpaired) electrons. The molecule has 0 unspecified atom stereocenters. The molecule has 7 saturated heterocycles. The minimum absolute atomic E-state index is 0. The van der Waals surface area contributed by atoms with Gasteiger partial charge in [0.1, 0.15) is 6.33 Å². The normalized spacial score (nSPS) is 12.7. The molecule has 19 nitrogen and oxygen atoms in total. The summed E-state index contributed by atoms with van der Waals surface area (Å²) in [5, 5.41) is 29.1. The van der Waals surface area contributed by atoms with Crippen LogP contribution in [0.15, 0.2) is 134 Å². The number of dihydropyridines is 1. The van der Waals surface area contributed by atoms with E-state index in [1.54, 1.807) is 74.4 Å². The van der Waals surface area contributed by atoms with Gasteiger partial charge in [-0.05, 0) is 200 Å². The van der Waals surface area contributed by atoms with Crippen LogP contribution < -0.4 is 37.2 Å². The van der Waals surface area contributed by atoms with Crippen LogP contribution in [0.3, 0.4) is 0 Å². The number of morpholine rings is 1. The zero-order valence-corrected chi connectivity index (χ0v) is 94.6. The van der Waals surface area contributed by atoms with Crippen molar-refractivity contribution in [1.29, 1.82) is 0 Å². The number of rotatable bonds is 0. The van der Waals surface area contributed by atoms with Crippen LogP contribution in [0.1, 0.15) is 416 Å². The number of aliphatic imine (C=N–C) groups is 1. The molecule has 0 spiro atoms. The number of piperazine rings is 1. The average molecular weight is 1790 g/mol. The molecule has 9 aliphatic heterocycles. The summed E-state index contributed by atoms with van der Waals surface area (Å²) >= 11 is 0. The Morgan fingerprint density at radius 1 is 0.240 bits per heavy atom. The summed E-state index contributed by atoms with van der Waals surface area (Å²) in [6.07, 6.45) is 47.3. The Bertz CT molecular complexity index is 1380. The van der Waals surface area contributed by atoms with Gasteiger partial charge >= 0.3 is 0 Å². The number of ether oxygens (including phenoxy) is 1. The van der Waals surface area contributed by atoms with E-state index in [1.165, 1.54) is 181 Å². The summed E-state index contributed by atoms with van der Waals surface area (Å²) in [7, 11) is 6.54. The van der Waals surface area contributed by atoms with Gasteiger partial charge in [-0.15, -0.1) is 0 Å². The maximum absolute atomic E-state index is 5.01. The molecule has 0 bridgehead atoms. The van der Waals surface area contributed by atoms with Gasteiger partial charge in [-0.25, -0.2) is 9.97 Å².